The number of hydrogen-bond donors (Lipinski definition) is 0. The summed E-state index contributed by atoms with van der Waals surface area (Å²) >= 11 is 1.41. The maximum Gasteiger partial charge on any atom is 0.274 e. The molecule has 1 aromatic carbocycles. The lowest BCUT2D eigenvalue weighted by atomic mass is 10.2. The molecule has 3 aromatic rings. The van der Waals surface area contributed by atoms with Crippen molar-refractivity contribution in [1.82, 2.24) is 9.38 Å². The summed E-state index contributed by atoms with van der Waals surface area (Å²) < 4.78 is 2.29. The van der Waals surface area contributed by atoms with Gasteiger partial charge in [-0.05, 0) is 11.6 Å². The molecule has 0 aliphatic rings. The van der Waals surface area contributed by atoms with Gasteiger partial charge in [0.15, 0.2) is 4.96 Å². The lowest BCUT2D eigenvalue weighted by molar-refractivity contribution is 1.14. The van der Waals surface area contributed by atoms with Gasteiger partial charge in [-0.2, -0.15) is 0 Å². The second-order valence-electron chi connectivity index (χ2n) is 3.41. The summed E-state index contributed by atoms with van der Waals surface area (Å²) in [5.41, 5.74) is 1.03. The van der Waals surface area contributed by atoms with Crippen molar-refractivity contribution in [3.05, 3.63) is 63.2 Å². The summed E-state index contributed by atoms with van der Waals surface area (Å²) in [5.74, 6) is 0. The molecule has 0 saturated carbocycles. The standard InChI is InChI=1S/C12H8N2OS/c15-11-10(8-9-4-2-1-3-5-9)16-12-13-6-7-14(11)12/h1-8H/b10-8+. The van der Waals surface area contributed by atoms with Gasteiger partial charge in [0, 0.05) is 12.4 Å². The third kappa shape index (κ3) is 1.44. The number of thiazole rings is 1. The Morgan fingerprint density at radius 2 is 2.06 bits per heavy atom. The van der Waals surface area contributed by atoms with Gasteiger partial charge in [0.05, 0.1) is 4.53 Å². The SMILES string of the molecule is O=c1/c(=C\c2ccccc2)sc2nccn12. The molecule has 0 saturated heterocycles. The Balaban J connectivity index is 2.27. The molecule has 3 nitrogen and oxygen atoms in total. The number of hydrogen-bond acceptors (Lipinski definition) is 3. The number of nitrogens with zero attached hydrogens (tertiary/aromatic N) is 2. The molecule has 0 fully saturated rings. The van der Waals surface area contributed by atoms with Gasteiger partial charge >= 0.3 is 0 Å². The largest absolute Gasteiger partial charge is 0.274 e. The van der Waals surface area contributed by atoms with Crippen LogP contribution in [0.5, 0.6) is 0 Å². The average molecular weight is 228 g/mol. The van der Waals surface area contributed by atoms with Crippen molar-refractivity contribution in [2.45, 2.75) is 0 Å². The minimum Gasteiger partial charge on any atom is -0.267 e. The van der Waals surface area contributed by atoms with E-state index in [0.29, 0.717) is 4.53 Å². The highest BCUT2D eigenvalue weighted by Crippen LogP contribution is 2.02. The normalized spacial score (nSPS) is 12.4. The van der Waals surface area contributed by atoms with E-state index in [4.69, 9.17) is 0 Å². The Morgan fingerprint density at radius 3 is 2.81 bits per heavy atom. The molecule has 2 aromatic heterocycles. The Labute approximate surface area is 95.3 Å². The first kappa shape index (κ1) is 9.30. The first-order valence-corrected chi connectivity index (χ1v) is 5.69. The summed E-state index contributed by atoms with van der Waals surface area (Å²) in [6.07, 6.45) is 5.22. The van der Waals surface area contributed by atoms with Gasteiger partial charge in [-0.3, -0.25) is 9.20 Å². The Kier molecular flexibility index (Phi) is 2.08. The van der Waals surface area contributed by atoms with Gasteiger partial charge in [0.2, 0.25) is 0 Å². The van der Waals surface area contributed by atoms with Crippen LogP contribution in [0.15, 0.2) is 47.5 Å². The van der Waals surface area contributed by atoms with Crippen molar-refractivity contribution >= 4 is 22.4 Å². The zero-order valence-electron chi connectivity index (χ0n) is 8.33. The van der Waals surface area contributed by atoms with Gasteiger partial charge < -0.3 is 0 Å². The van der Waals surface area contributed by atoms with E-state index in [1.54, 1.807) is 16.8 Å². The first-order chi connectivity index (χ1) is 7.84. The molecule has 16 heavy (non-hydrogen) atoms. The molecule has 0 atom stereocenters. The molecular weight excluding hydrogens is 220 g/mol. The molecule has 0 amide bonds. The zero-order valence-corrected chi connectivity index (χ0v) is 9.15. The topological polar surface area (TPSA) is 34.4 Å². The monoisotopic (exact) mass is 228 g/mol. The molecule has 0 unspecified atom stereocenters. The van der Waals surface area contributed by atoms with Crippen LogP contribution in [0.4, 0.5) is 0 Å². The first-order valence-electron chi connectivity index (χ1n) is 4.87. The van der Waals surface area contributed by atoms with Crippen molar-refractivity contribution in [3.63, 3.8) is 0 Å². The molecule has 0 radical (unpaired) electrons. The molecule has 0 spiro atoms. The van der Waals surface area contributed by atoms with Crippen LogP contribution in [0.3, 0.4) is 0 Å². The molecule has 0 bridgehead atoms. The predicted molar refractivity (Wildman–Crippen MR) is 64.6 cm³/mol. The van der Waals surface area contributed by atoms with E-state index >= 15 is 0 Å². The molecule has 0 N–H and O–H groups in total. The van der Waals surface area contributed by atoms with Gasteiger partial charge in [-0.15, -0.1) is 0 Å². The summed E-state index contributed by atoms with van der Waals surface area (Å²) in [6, 6.07) is 9.81. The van der Waals surface area contributed by atoms with E-state index in [1.807, 2.05) is 36.4 Å². The van der Waals surface area contributed by atoms with Crippen molar-refractivity contribution in [3.8, 4) is 0 Å². The van der Waals surface area contributed by atoms with Crippen molar-refractivity contribution < 1.29 is 0 Å². The summed E-state index contributed by atoms with van der Waals surface area (Å²) in [5, 5.41) is 0. The van der Waals surface area contributed by atoms with Crippen LogP contribution >= 0.6 is 11.3 Å². The molecule has 2 heterocycles. The molecule has 78 valence electrons. The van der Waals surface area contributed by atoms with Crippen molar-refractivity contribution in [2.24, 2.45) is 0 Å². The van der Waals surface area contributed by atoms with Crippen LogP contribution in [-0.4, -0.2) is 9.38 Å². The molecule has 0 aliphatic carbocycles. The number of fused-ring (bicyclic) bond motifs is 1. The quantitative estimate of drug-likeness (QED) is 0.629. The van der Waals surface area contributed by atoms with E-state index in [2.05, 4.69) is 4.98 Å². The van der Waals surface area contributed by atoms with E-state index in [9.17, 15) is 4.79 Å². The maximum absolute atomic E-state index is 11.9. The second kappa shape index (κ2) is 3.57. The highest BCUT2D eigenvalue weighted by Gasteiger charge is 2.02. The Hall–Kier alpha value is -1.94. The summed E-state index contributed by atoms with van der Waals surface area (Å²) in [4.78, 5) is 16.7. The second-order valence-corrected chi connectivity index (χ2v) is 4.42. The van der Waals surface area contributed by atoms with Gasteiger partial charge in [-0.25, -0.2) is 4.98 Å². The lowest BCUT2D eigenvalue weighted by Gasteiger charge is -1.87. The van der Waals surface area contributed by atoms with E-state index < -0.39 is 0 Å². The minimum atomic E-state index is 0.00125. The predicted octanol–water partition coefficient (Wildman–Crippen LogP) is 1.30. The van der Waals surface area contributed by atoms with E-state index in [-0.39, 0.29) is 5.56 Å². The van der Waals surface area contributed by atoms with Gasteiger partial charge in [-0.1, -0.05) is 41.7 Å². The van der Waals surface area contributed by atoms with Crippen LogP contribution in [-0.2, 0) is 0 Å². The fourth-order valence-corrected chi connectivity index (χ4v) is 2.51. The maximum atomic E-state index is 11.9. The number of imidazole rings is 1. The van der Waals surface area contributed by atoms with Crippen molar-refractivity contribution in [2.75, 3.05) is 0 Å². The number of benzene rings is 1. The molecule has 4 heteroatoms. The fourth-order valence-electron chi connectivity index (χ4n) is 1.57. The minimum absolute atomic E-state index is 0.00125. The summed E-state index contributed by atoms with van der Waals surface area (Å²) in [7, 11) is 0. The van der Waals surface area contributed by atoms with Crippen LogP contribution in [0.25, 0.3) is 11.0 Å². The van der Waals surface area contributed by atoms with Crippen LogP contribution in [0.2, 0.25) is 0 Å². The van der Waals surface area contributed by atoms with Crippen LogP contribution < -0.4 is 10.1 Å². The average Bonchev–Trinajstić information content (AvgIpc) is 2.86. The Bertz CT molecular complexity index is 727. The fraction of sp³-hybridized carbons (Fsp3) is 0. The molecule has 3 rings (SSSR count). The third-order valence-electron chi connectivity index (χ3n) is 2.33. The smallest absolute Gasteiger partial charge is 0.267 e. The number of rotatable bonds is 1. The van der Waals surface area contributed by atoms with Gasteiger partial charge in [0.25, 0.3) is 5.56 Å². The van der Waals surface area contributed by atoms with E-state index in [0.717, 1.165) is 10.5 Å². The zero-order chi connectivity index (χ0) is 11.0. The lowest BCUT2D eigenvalue weighted by Crippen LogP contribution is -2.22. The summed E-state index contributed by atoms with van der Waals surface area (Å²) in [6.45, 7) is 0. The highest BCUT2D eigenvalue weighted by molar-refractivity contribution is 7.15. The van der Waals surface area contributed by atoms with Crippen molar-refractivity contribution in [1.29, 1.82) is 0 Å². The third-order valence-corrected chi connectivity index (χ3v) is 3.33. The van der Waals surface area contributed by atoms with Gasteiger partial charge in [0.1, 0.15) is 0 Å². The Morgan fingerprint density at radius 1 is 1.25 bits per heavy atom. The van der Waals surface area contributed by atoms with Crippen LogP contribution in [0.1, 0.15) is 5.56 Å². The molecule has 0 aliphatic heterocycles. The van der Waals surface area contributed by atoms with E-state index in [1.165, 1.54) is 11.3 Å². The highest BCUT2D eigenvalue weighted by atomic mass is 32.1. The van der Waals surface area contributed by atoms with Crippen LogP contribution in [0, 0.1) is 0 Å². The molecular formula is C12H8N2OS. The number of aromatic nitrogens is 2.